The Morgan fingerprint density at radius 1 is 1.04 bits per heavy atom. The highest BCUT2D eigenvalue weighted by Gasteiger charge is 2.35. The summed E-state index contributed by atoms with van der Waals surface area (Å²) in [5.74, 6) is -0.0237. The summed E-state index contributed by atoms with van der Waals surface area (Å²) in [6, 6.07) is 14.1. The predicted octanol–water partition coefficient (Wildman–Crippen LogP) is 3.35. The van der Waals surface area contributed by atoms with Gasteiger partial charge in [0.2, 0.25) is 0 Å². The van der Waals surface area contributed by atoms with Crippen LogP contribution in [0, 0.1) is 5.92 Å². The van der Waals surface area contributed by atoms with E-state index in [1.807, 2.05) is 17.0 Å². The fraction of sp³-hybridized carbons (Fsp3) is 0.318. The van der Waals surface area contributed by atoms with Crippen molar-refractivity contribution < 1.29 is 14.4 Å². The number of carbonyl (C=O) groups excluding carboxylic acids is 3. The van der Waals surface area contributed by atoms with E-state index in [0.717, 1.165) is 31.5 Å². The van der Waals surface area contributed by atoms with Gasteiger partial charge in [0.25, 0.3) is 17.7 Å². The van der Waals surface area contributed by atoms with Gasteiger partial charge in [-0.05, 0) is 48.6 Å². The van der Waals surface area contributed by atoms with Crippen molar-refractivity contribution in [3.8, 4) is 0 Å². The molecule has 3 amide bonds. The van der Waals surface area contributed by atoms with E-state index in [4.69, 9.17) is 0 Å². The Morgan fingerprint density at radius 3 is 2.41 bits per heavy atom. The Labute approximate surface area is 158 Å². The smallest absolute Gasteiger partial charge is 0.261 e. The summed E-state index contributed by atoms with van der Waals surface area (Å²) in [6.07, 6.45) is 2.19. The summed E-state index contributed by atoms with van der Waals surface area (Å²) in [7, 11) is 0. The molecule has 1 unspecified atom stereocenters. The van der Waals surface area contributed by atoms with Gasteiger partial charge < -0.3 is 4.90 Å². The molecule has 4 rings (SSSR count). The van der Waals surface area contributed by atoms with Gasteiger partial charge in [-0.25, -0.2) is 0 Å². The van der Waals surface area contributed by atoms with Gasteiger partial charge in [-0.2, -0.15) is 0 Å². The van der Waals surface area contributed by atoms with Crippen LogP contribution in [0.1, 0.15) is 56.4 Å². The van der Waals surface area contributed by atoms with Crippen LogP contribution in [-0.2, 0) is 6.54 Å². The van der Waals surface area contributed by atoms with E-state index in [2.05, 4.69) is 6.92 Å². The minimum atomic E-state index is -0.280. The first-order chi connectivity index (χ1) is 13.0. The molecule has 0 aliphatic carbocycles. The van der Waals surface area contributed by atoms with Crippen LogP contribution in [0.15, 0.2) is 48.5 Å². The van der Waals surface area contributed by atoms with E-state index < -0.39 is 0 Å². The van der Waals surface area contributed by atoms with Gasteiger partial charge in [0.05, 0.1) is 17.7 Å². The minimum Gasteiger partial charge on any atom is -0.338 e. The maximum atomic E-state index is 12.8. The van der Waals surface area contributed by atoms with Crippen molar-refractivity contribution in [2.45, 2.75) is 26.3 Å². The number of piperidine rings is 1. The van der Waals surface area contributed by atoms with Gasteiger partial charge in [-0.1, -0.05) is 31.2 Å². The molecule has 1 saturated heterocycles. The van der Waals surface area contributed by atoms with Crippen LogP contribution >= 0.6 is 0 Å². The van der Waals surface area contributed by atoms with Gasteiger partial charge >= 0.3 is 0 Å². The molecule has 27 heavy (non-hydrogen) atoms. The average molecular weight is 362 g/mol. The predicted molar refractivity (Wildman–Crippen MR) is 101 cm³/mol. The zero-order valence-corrected chi connectivity index (χ0v) is 15.4. The fourth-order valence-corrected chi connectivity index (χ4v) is 3.92. The van der Waals surface area contributed by atoms with Gasteiger partial charge in [0.15, 0.2) is 0 Å². The molecular weight excluding hydrogens is 340 g/mol. The molecule has 2 aromatic carbocycles. The number of imide groups is 1. The number of amides is 3. The highest BCUT2D eigenvalue weighted by Crippen LogP contribution is 2.25. The SMILES string of the molecule is CC1CCCN(C(=O)c2cccc(CN3C(=O)c4ccccc4C3=O)c2)C1. The van der Waals surface area contributed by atoms with Crippen molar-refractivity contribution in [3.63, 3.8) is 0 Å². The number of hydrogen-bond acceptors (Lipinski definition) is 3. The summed E-state index contributed by atoms with van der Waals surface area (Å²) >= 11 is 0. The lowest BCUT2D eigenvalue weighted by Crippen LogP contribution is -2.39. The lowest BCUT2D eigenvalue weighted by atomic mass is 9.99. The first kappa shape index (κ1) is 17.5. The maximum absolute atomic E-state index is 12.8. The van der Waals surface area contributed by atoms with Gasteiger partial charge in [0, 0.05) is 18.7 Å². The molecule has 138 valence electrons. The Kier molecular flexibility index (Phi) is 4.52. The van der Waals surface area contributed by atoms with Crippen molar-refractivity contribution in [1.82, 2.24) is 9.80 Å². The first-order valence-corrected chi connectivity index (χ1v) is 9.38. The zero-order valence-electron chi connectivity index (χ0n) is 15.4. The molecule has 0 radical (unpaired) electrons. The number of hydrogen-bond donors (Lipinski definition) is 0. The second kappa shape index (κ2) is 6.99. The third kappa shape index (κ3) is 3.25. The minimum absolute atomic E-state index is 0.0192. The summed E-state index contributed by atoms with van der Waals surface area (Å²) in [5.41, 5.74) is 2.27. The van der Waals surface area contributed by atoms with E-state index in [9.17, 15) is 14.4 Å². The Morgan fingerprint density at radius 2 is 1.74 bits per heavy atom. The number of rotatable bonds is 3. The van der Waals surface area contributed by atoms with Crippen molar-refractivity contribution in [3.05, 3.63) is 70.8 Å². The number of nitrogens with zero attached hydrogens (tertiary/aromatic N) is 2. The van der Waals surface area contributed by atoms with Crippen molar-refractivity contribution in [1.29, 1.82) is 0 Å². The molecule has 0 N–H and O–H groups in total. The molecule has 1 fully saturated rings. The van der Waals surface area contributed by atoms with E-state index in [1.54, 1.807) is 36.4 Å². The lowest BCUT2D eigenvalue weighted by molar-refractivity contribution is 0.0641. The van der Waals surface area contributed by atoms with Crippen LogP contribution < -0.4 is 0 Å². The summed E-state index contributed by atoms with van der Waals surface area (Å²) < 4.78 is 0. The lowest BCUT2D eigenvalue weighted by Gasteiger charge is -2.31. The van der Waals surface area contributed by atoms with Crippen molar-refractivity contribution >= 4 is 17.7 Å². The quantitative estimate of drug-likeness (QED) is 0.787. The second-order valence-corrected chi connectivity index (χ2v) is 7.44. The molecule has 0 saturated carbocycles. The first-order valence-electron chi connectivity index (χ1n) is 9.38. The molecule has 2 heterocycles. The largest absolute Gasteiger partial charge is 0.338 e. The van der Waals surface area contributed by atoms with Crippen LogP contribution in [0.5, 0.6) is 0 Å². The topological polar surface area (TPSA) is 57.7 Å². The molecule has 2 aliphatic heterocycles. The molecule has 0 spiro atoms. The van der Waals surface area contributed by atoms with E-state index >= 15 is 0 Å². The van der Waals surface area contributed by atoms with Crippen molar-refractivity contribution in [2.24, 2.45) is 5.92 Å². The van der Waals surface area contributed by atoms with Crippen LogP contribution in [0.3, 0.4) is 0 Å². The second-order valence-electron chi connectivity index (χ2n) is 7.44. The third-order valence-corrected chi connectivity index (χ3v) is 5.34. The molecule has 2 aromatic rings. The number of likely N-dealkylation sites (tertiary alicyclic amines) is 1. The van der Waals surface area contributed by atoms with Crippen LogP contribution in [0.2, 0.25) is 0 Å². The van der Waals surface area contributed by atoms with Crippen molar-refractivity contribution in [2.75, 3.05) is 13.1 Å². The van der Waals surface area contributed by atoms with E-state index in [-0.39, 0.29) is 24.3 Å². The highest BCUT2D eigenvalue weighted by molar-refractivity contribution is 6.21. The average Bonchev–Trinajstić information content (AvgIpc) is 2.93. The molecule has 5 heteroatoms. The number of fused-ring (bicyclic) bond motifs is 1. The number of carbonyl (C=O) groups is 3. The Bertz CT molecular complexity index is 886. The summed E-state index contributed by atoms with van der Waals surface area (Å²) in [5, 5.41) is 0. The third-order valence-electron chi connectivity index (χ3n) is 5.34. The molecule has 5 nitrogen and oxygen atoms in total. The summed E-state index contributed by atoms with van der Waals surface area (Å²) in [4.78, 5) is 41.1. The maximum Gasteiger partial charge on any atom is 0.261 e. The fourth-order valence-electron chi connectivity index (χ4n) is 3.92. The molecule has 1 atom stereocenters. The van der Waals surface area contributed by atoms with Gasteiger partial charge in [0.1, 0.15) is 0 Å². The highest BCUT2D eigenvalue weighted by atomic mass is 16.2. The van der Waals surface area contributed by atoms with Gasteiger partial charge in [-0.15, -0.1) is 0 Å². The normalized spacial score (nSPS) is 19.4. The Hall–Kier alpha value is -2.95. The van der Waals surface area contributed by atoms with Gasteiger partial charge in [-0.3, -0.25) is 19.3 Å². The standard InChI is InChI=1S/C22H22N2O3/c1-15-6-5-11-23(13-15)20(25)17-8-4-7-16(12-17)14-24-21(26)18-9-2-3-10-19(18)22(24)27/h2-4,7-10,12,15H,5-6,11,13-14H2,1H3. The molecule has 0 aromatic heterocycles. The van der Waals surface area contributed by atoms with E-state index in [0.29, 0.717) is 22.6 Å². The van der Waals surface area contributed by atoms with E-state index in [1.165, 1.54) is 4.90 Å². The zero-order chi connectivity index (χ0) is 19.0. The molecule has 2 aliphatic rings. The molecular formula is C22H22N2O3. The van der Waals surface area contributed by atoms with Crippen LogP contribution in [-0.4, -0.2) is 40.6 Å². The number of benzene rings is 2. The molecule has 0 bridgehead atoms. The van der Waals surface area contributed by atoms with Crippen LogP contribution in [0.25, 0.3) is 0 Å². The van der Waals surface area contributed by atoms with Crippen LogP contribution in [0.4, 0.5) is 0 Å². The monoisotopic (exact) mass is 362 g/mol. The Balaban J connectivity index is 1.53. The summed E-state index contributed by atoms with van der Waals surface area (Å²) in [6.45, 7) is 3.90.